The average Bonchev–Trinajstić information content (AvgIpc) is 3.18. The number of carbonyl (C=O) groups excluding carboxylic acids is 3. The van der Waals surface area contributed by atoms with Crippen LogP contribution in [0.4, 0.5) is 0 Å². The smallest absolute Gasteiger partial charge is 0.348 e. The van der Waals surface area contributed by atoms with Crippen molar-refractivity contribution < 1.29 is 28.3 Å². The first-order valence-electron chi connectivity index (χ1n) is 8.79. The van der Waals surface area contributed by atoms with Gasteiger partial charge in [-0.15, -0.1) is 11.3 Å². The zero-order valence-electron chi connectivity index (χ0n) is 16.3. The van der Waals surface area contributed by atoms with Crippen LogP contribution in [0.25, 0.3) is 6.08 Å². The first kappa shape index (κ1) is 24.1. The molecule has 30 heavy (non-hydrogen) atoms. The molecule has 0 fully saturated rings. The molecule has 0 bridgehead atoms. The second-order valence-electron chi connectivity index (χ2n) is 5.84. The van der Waals surface area contributed by atoms with E-state index >= 15 is 0 Å². The van der Waals surface area contributed by atoms with Crippen LogP contribution >= 0.6 is 43.2 Å². The molecule has 0 saturated heterocycles. The minimum Gasteiger partial charge on any atom is -0.462 e. The summed E-state index contributed by atoms with van der Waals surface area (Å²) in [5.41, 5.74) is 0.391. The molecule has 0 saturated carbocycles. The fraction of sp³-hybridized carbons (Fsp3) is 0.300. The molecule has 0 aliphatic carbocycles. The van der Waals surface area contributed by atoms with Crippen LogP contribution in [-0.4, -0.2) is 30.9 Å². The van der Waals surface area contributed by atoms with E-state index in [1.165, 1.54) is 6.08 Å². The van der Waals surface area contributed by atoms with Gasteiger partial charge in [0.2, 0.25) is 0 Å². The lowest BCUT2D eigenvalue weighted by molar-refractivity contribution is -0.114. The van der Waals surface area contributed by atoms with E-state index in [2.05, 4.69) is 31.9 Å². The molecule has 0 aliphatic rings. The van der Waals surface area contributed by atoms with E-state index in [1.807, 2.05) is 6.07 Å². The van der Waals surface area contributed by atoms with Crippen molar-refractivity contribution in [3.63, 3.8) is 0 Å². The molecule has 0 N–H and O–H groups in total. The second kappa shape index (κ2) is 10.7. The number of rotatable bonds is 8. The van der Waals surface area contributed by atoms with E-state index in [0.29, 0.717) is 25.3 Å². The van der Waals surface area contributed by atoms with Crippen LogP contribution in [0.2, 0.25) is 0 Å². The third-order valence-electron chi connectivity index (χ3n) is 3.85. The lowest BCUT2D eigenvalue weighted by Crippen LogP contribution is -2.12. The molecule has 0 aliphatic heterocycles. The lowest BCUT2D eigenvalue weighted by atomic mass is 10.0. The Morgan fingerprint density at radius 3 is 2.37 bits per heavy atom. The number of ketones is 1. The number of hydrogen-bond donors (Lipinski definition) is 0. The summed E-state index contributed by atoms with van der Waals surface area (Å²) in [4.78, 5) is 38.0. The van der Waals surface area contributed by atoms with Crippen LogP contribution in [0.5, 0.6) is 0 Å². The molecule has 2 rings (SSSR count). The monoisotopic (exact) mass is 557 g/mol. The van der Waals surface area contributed by atoms with E-state index < -0.39 is 17.7 Å². The number of nitrogens with zero attached hydrogens (tertiary/aromatic N) is 1. The molecule has 0 radical (unpaired) electrons. The number of Topliss-reactive ketones (excluding diaryl/α,β-unsaturated/α-hetero) is 1. The van der Waals surface area contributed by atoms with E-state index in [1.54, 1.807) is 26.8 Å². The minimum absolute atomic E-state index is 0.141. The number of carbonyl (C=O) groups is 3. The molecule has 2 heterocycles. The quantitative estimate of drug-likeness (QED) is 0.247. The van der Waals surface area contributed by atoms with E-state index in [4.69, 9.17) is 13.9 Å². The van der Waals surface area contributed by atoms with Crippen LogP contribution < -0.4 is 0 Å². The molecule has 0 amide bonds. The van der Waals surface area contributed by atoms with Crippen LogP contribution in [0, 0.1) is 18.3 Å². The van der Waals surface area contributed by atoms with Crippen LogP contribution in [0.1, 0.15) is 50.1 Å². The molecule has 10 heteroatoms. The molecule has 0 aromatic carbocycles. The first-order valence-corrected chi connectivity index (χ1v) is 11.2. The number of hydrogen-bond acceptors (Lipinski definition) is 8. The molecule has 0 atom stereocenters. The largest absolute Gasteiger partial charge is 0.462 e. The van der Waals surface area contributed by atoms with E-state index in [9.17, 15) is 19.6 Å². The van der Waals surface area contributed by atoms with Crippen molar-refractivity contribution in [3.05, 3.63) is 47.4 Å². The van der Waals surface area contributed by atoms with Gasteiger partial charge in [-0.1, -0.05) is 0 Å². The van der Waals surface area contributed by atoms with Gasteiger partial charge in [-0.25, -0.2) is 9.59 Å². The van der Waals surface area contributed by atoms with Crippen molar-refractivity contribution in [2.75, 3.05) is 13.2 Å². The number of thiophene rings is 1. The summed E-state index contributed by atoms with van der Waals surface area (Å²) in [6, 6.07) is 3.46. The third kappa shape index (κ3) is 5.47. The number of ether oxygens (including phenoxy) is 2. The average molecular weight is 559 g/mol. The summed E-state index contributed by atoms with van der Waals surface area (Å²) in [6.07, 6.45) is 1.07. The Hall–Kier alpha value is -2.22. The molecule has 0 unspecified atom stereocenters. The fourth-order valence-electron chi connectivity index (χ4n) is 2.55. The summed E-state index contributed by atoms with van der Waals surface area (Å²) in [5, 5.41) is 9.43. The SMILES string of the molecule is CCOC(=O)c1sc(CC(=O)/C(C#N)=C/c2cc(Br)c(Br)o2)c(C(=O)OCC)c1C. The number of furan rings is 1. The van der Waals surface area contributed by atoms with Gasteiger partial charge in [-0.05, 0) is 64.3 Å². The molecule has 2 aromatic rings. The van der Waals surface area contributed by atoms with Gasteiger partial charge in [0.25, 0.3) is 0 Å². The first-order chi connectivity index (χ1) is 14.2. The Kier molecular flexibility index (Phi) is 8.58. The molecular formula is C20H17Br2NO6S. The third-order valence-corrected chi connectivity index (χ3v) is 6.83. The highest BCUT2D eigenvalue weighted by atomic mass is 79.9. The van der Waals surface area contributed by atoms with Gasteiger partial charge in [0.05, 0.1) is 28.8 Å². The van der Waals surface area contributed by atoms with Gasteiger partial charge < -0.3 is 13.9 Å². The Morgan fingerprint density at radius 2 is 1.83 bits per heavy atom. The highest BCUT2D eigenvalue weighted by molar-refractivity contribution is 9.13. The van der Waals surface area contributed by atoms with Gasteiger partial charge >= 0.3 is 11.9 Å². The minimum atomic E-state index is -0.633. The van der Waals surface area contributed by atoms with Crippen molar-refractivity contribution >= 4 is 67.0 Å². The van der Waals surface area contributed by atoms with Gasteiger partial charge in [-0.2, -0.15) is 5.26 Å². The lowest BCUT2D eigenvalue weighted by Gasteiger charge is -2.05. The Labute approximate surface area is 193 Å². The topological polar surface area (TPSA) is 107 Å². The van der Waals surface area contributed by atoms with Crippen LogP contribution in [0.3, 0.4) is 0 Å². The number of halogens is 2. The van der Waals surface area contributed by atoms with Crippen LogP contribution in [-0.2, 0) is 20.7 Å². The van der Waals surface area contributed by atoms with Crippen molar-refractivity contribution in [2.24, 2.45) is 0 Å². The van der Waals surface area contributed by atoms with E-state index in [-0.39, 0.29) is 35.6 Å². The Morgan fingerprint density at radius 1 is 1.20 bits per heavy atom. The predicted octanol–water partition coefficient (Wildman–Crippen LogP) is 5.25. The van der Waals surface area contributed by atoms with Gasteiger partial charge in [-0.3, -0.25) is 4.79 Å². The van der Waals surface area contributed by atoms with Gasteiger partial charge in [0.1, 0.15) is 16.7 Å². The van der Waals surface area contributed by atoms with Gasteiger partial charge in [0.15, 0.2) is 10.5 Å². The Bertz CT molecular complexity index is 1040. The maximum absolute atomic E-state index is 12.8. The molecule has 0 spiro atoms. The summed E-state index contributed by atoms with van der Waals surface area (Å²) in [7, 11) is 0. The predicted molar refractivity (Wildman–Crippen MR) is 117 cm³/mol. The van der Waals surface area contributed by atoms with Crippen molar-refractivity contribution in [3.8, 4) is 6.07 Å². The molecule has 2 aromatic heterocycles. The fourth-order valence-corrected chi connectivity index (χ4v) is 4.35. The number of allylic oxidation sites excluding steroid dienone is 1. The van der Waals surface area contributed by atoms with Crippen molar-refractivity contribution in [1.82, 2.24) is 0 Å². The van der Waals surface area contributed by atoms with Crippen LogP contribution in [0.15, 0.2) is 25.2 Å². The normalized spacial score (nSPS) is 11.1. The number of nitriles is 1. The maximum atomic E-state index is 12.8. The standard InChI is InChI=1S/C20H17Br2NO6S/c1-4-27-19(25)16-10(3)17(20(26)28-5-2)30-15(16)8-14(24)11(9-23)6-12-7-13(21)18(22)29-12/h6-7H,4-5,8H2,1-3H3/b11-6+. The zero-order chi connectivity index (χ0) is 22.4. The highest BCUT2D eigenvalue weighted by Crippen LogP contribution is 2.32. The Balaban J connectivity index is 2.42. The summed E-state index contributed by atoms with van der Waals surface area (Å²) >= 11 is 7.44. The molecule has 158 valence electrons. The maximum Gasteiger partial charge on any atom is 0.348 e. The molecular weight excluding hydrogens is 542 g/mol. The second-order valence-corrected chi connectivity index (χ2v) is 8.52. The summed E-state index contributed by atoms with van der Waals surface area (Å²) in [5.74, 6) is -1.43. The zero-order valence-corrected chi connectivity index (χ0v) is 20.3. The summed E-state index contributed by atoms with van der Waals surface area (Å²) in [6.45, 7) is 5.25. The summed E-state index contributed by atoms with van der Waals surface area (Å²) < 4.78 is 16.6. The van der Waals surface area contributed by atoms with Crippen molar-refractivity contribution in [1.29, 1.82) is 5.26 Å². The van der Waals surface area contributed by atoms with Crippen molar-refractivity contribution in [2.45, 2.75) is 27.2 Å². The van der Waals surface area contributed by atoms with E-state index in [0.717, 1.165) is 11.3 Å². The number of esters is 2. The van der Waals surface area contributed by atoms with Gasteiger partial charge in [0, 0.05) is 17.4 Å². The highest BCUT2D eigenvalue weighted by Gasteiger charge is 2.28. The molecule has 7 nitrogen and oxygen atoms in total.